The van der Waals surface area contributed by atoms with E-state index in [1.807, 2.05) is 0 Å². The number of Topliss-reactive ketones (excluding diaryl/α,β-unsaturated/α-hetero) is 1. The number of hydrogen-bond donors (Lipinski definition) is 0. The van der Waals surface area contributed by atoms with Crippen molar-refractivity contribution >= 4 is 21.7 Å². The Morgan fingerprint density at radius 3 is 2.38 bits per heavy atom. The zero-order chi connectivity index (χ0) is 9.84. The summed E-state index contributed by atoms with van der Waals surface area (Å²) in [6.07, 6.45) is 0. The summed E-state index contributed by atoms with van der Waals surface area (Å²) >= 11 is 2.70. The average Bonchev–Trinajstić information content (AvgIpc) is 2.17. The fraction of sp³-hybridized carbons (Fsp3) is 0.125. The molecule has 5 heteroatoms. The Morgan fingerprint density at radius 1 is 1.38 bits per heavy atom. The van der Waals surface area contributed by atoms with Gasteiger partial charge in [0.2, 0.25) is 5.78 Å². The van der Waals surface area contributed by atoms with Crippen LogP contribution in [-0.4, -0.2) is 15.7 Å². The van der Waals surface area contributed by atoms with Crippen LogP contribution in [0.3, 0.4) is 0 Å². The quantitative estimate of drug-likeness (QED) is 0.268. The molecule has 68 valence electrons. The molecule has 1 atom stereocenters. The molecule has 0 N–H and O–H groups in total. The van der Waals surface area contributed by atoms with Crippen molar-refractivity contribution in [3.05, 3.63) is 46.0 Å². The normalized spacial score (nSPS) is 12.1. The summed E-state index contributed by atoms with van der Waals surface area (Å²) in [6, 6.07) is 8.15. The predicted octanol–water partition coefficient (Wildman–Crippen LogP) is 1.87. The minimum Gasteiger partial charge on any atom is -0.285 e. The lowest BCUT2D eigenvalue weighted by Gasteiger charge is -2.00. The molecule has 0 saturated carbocycles. The highest BCUT2D eigenvalue weighted by atomic mass is 79.9. The molecule has 1 aromatic carbocycles. The first-order valence-electron chi connectivity index (χ1n) is 3.50. The Morgan fingerprint density at radius 2 is 1.92 bits per heavy atom. The van der Waals surface area contributed by atoms with Gasteiger partial charge in [0.25, 0.3) is 0 Å². The summed E-state index contributed by atoms with van der Waals surface area (Å²) in [4.78, 5) is 19.5. The SMILES string of the molecule is O=C(c1ccccc1)[C@H](Br)[N+](=O)[O-]. The third-order valence-corrected chi connectivity index (χ3v) is 2.21. The van der Waals surface area contributed by atoms with Gasteiger partial charge < -0.3 is 0 Å². The number of nitrogens with zero attached hydrogens (tertiary/aromatic N) is 1. The van der Waals surface area contributed by atoms with Crippen LogP contribution in [0.1, 0.15) is 10.4 Å². The van der Waals surface area contributed by atoms with Crippen LogP contribution < -0.4 is 0 Å². The maximum Gasteiger partial charge on any atom is 0.327 e. The number of benzene rings is 1. The highest BCUT2D eigenvalue weighted by Gasteiger charge is 2.26. The van der Waals surface area contributed by atoms with E-state index in [1.54, 1.807) is 30.3 Å². The fourth-order valence-electron chi connectivity index (χ4n) is 0.836. The van der Waals surface area contributed by atoms with Crippen molar-refractivity contribution in [1.82, 2.24) is 0 Å². The Bertz CT molecular complexity index is 325. The molecule has 1 rings (SSSR count). The molecule has 0 unspecified atom stereocenters. The predicted molar refractivity (Wildman–Crippen MR) is 50.5 cm³/mol. The van der Waals surface area contributed by atoms with Crippen molar-refractivity contribution in [2.45, 2.75) is 4.95 Å². The molecule has 1 aromatic rings. The van der Waals surface area contributed by atoms with Gasteiger partial charge in [0, 0.05) is 26.4 Å². The summed E-state index contributed by atoms with van der Waals surface area (Å²) in [5, 5.41) is 10.3. The van der Waals surface area contributed by atoms with E-state index in [9.17, 15) is 14.9 Å². The van der Waals surface area contributed by atoms with Crippen molar-refractivity contribution in [2.24, 2.45) is 0 Å². The Balaban J connectivity index is 2.86. The summed E-state index contributed by atoms with van der Waals surface area (Å²) in [5.74, 6) is -0.536. The second kappa shape index (κ2) is 4.13. The second-order valence-corrected chi connectivity index (χ2v) is 3.22. The molecule has 4 nitrogen and oxygen atoms in total. The van der Waals surface area contributed by atoms with Gasteiger partial charge in [-0.15, -0.1) is 0 Å². The summed E-state index contributed by atoms with van der Waals surface area (Å²) in [7, 11) is 0. The average molecular weight is 244 g/mol. The number of nitro groups is 1. The summed E-state index contributed by atoms with van der Waals surface area (Å²) in [6.45, 7) is 0. The third kappa shape index (κ3) is 2.35. The minimum atomic E-state index is -1.35. The van der Waals surface area contributed by atoms with Crippen LogP contribution in [0.15, 0.2) is 30.3 Å². The van der Waals surface area contributed by atoms with Gasteiger partial charge in [0.15, 0.2) is 0 Å². The third-order valence-electron chi connectivity index (χ3n) is 1.46. The Kier molecular flexibility index (Phi) is 3.13. The highest BCUT2D eigenvalue weighted by Crippen LogP contribution is 2.10. The van der Waals surface area contributed by atoms with E-state index in [4.69, 9.17) is 0 Å². The molecule has 13 heavy (non-hydrogen) atoms. The molecule has 0 aromatic heterocycles. The largest absolute Gasteiger partial charge is 0.327 e. The molecule has 0 saturated heterocycles. The number of halogens is 1. The van der Waals surface area contributed by atoms with Gasteiger partial charge >= 0.3 is 4.95 Å². The van der Waals surface area contributed by atoms with E-state index in [-0.39, 0.29) is 0 Å². The number of rotatable bonds is 3. The number of carbonyl (C=O) groups excluding carboxylic acids is 1. The van der Waals surface area contributed by atoms with Gasteiger partial charge in [-0.3, -0.25) is 14.9 Å². The molecule has 0 amide bonds. The first kappa shape index (κ1) is 9.85. The van der Waals surface area contributed by atoms with E-state index in [0.29, 0.717) is 5.56 Å². The summed E-state index contributed by atoms with van der Waals surface area (Å²) < 4.78 is 0. The van der Waals surface area contributed by atoms with Crippen molar-refractivity contribution in [3.8, 4) is 0 Å². The lowest BCUT2D eigenvalue weighted by Crippen LogP contribution is -2.22. The minimum absolute atomic E-state index is 0.334. The van der Waals surface area contributed by atoms with Crippen LogP contribution in [-0.2, 0) is 0 Å². The van der Waals surface area contributed by atoms with Crippen molar-refractivity contribution in [1.29, 1.82) is 0 Å². The maximum absolute atomic E-state index is 11.3. The molecule has 0 spiro atoms. The highest BCUT2D eigenvalue weighted by molar-refractivity contribution is 9.09. The standard InChI is InChI=1S/C8H6BrNO3/c9-8(10(12)13)7(11)6-4-2-1-3-5-6/h1-5,8H/t8-/m1/s1. The molecule has 0 bridgehead atoms. The van der Waals surface area contributed by atoms with Gasteiger partial charge in [-0.05, 0) is 0 Å². The van der Waals surface area contributed by atoms with E-state index in [1.165, 1.54) is 0 Å². The second-order valence-electron chi connectivity index (χ2n) is 2.35. The number of hydrogen-bond acceptors (Lipinski definition) is 3. The van der Waals surface area contributed by atoms with Crippen molar-refractivity contribution < 1.29 is 9.72 Å². The smallest absolute Gasteiger partial charge is 0.285 e. The molecule has 0 radical (unpaired) electrons. The van der Waals surface area contributed by atoms with Crippen LogP contribution in [0.2, 0.25) is 0 Å². The van der Waals surface area contributed by atoms with Gasteiger partial charge in [-0.25, -0.2) is 0 Å². The van der Waals surface area contributed by atoms with Gasteiger partial charge in [0.05, 0.1) is 0 Å². The van der Waals surface area contributed by atoms with Crippen LogP contribution in [0.5, 0.6) is 0 Å². The van der Waals surface area contributed by atoms with Crippen LogP contribution in [0.4, 0.5) is 0 Å². The molecule has 0 aliphatic carbocycles. The zero-order valence-corrected chi connectivity index (χ0v) is 8.10. The van der Waals surface area contributed by atoms with E-state index in [0.717, 1.165) is 0 Å². The molecule has 0 heterocycles. The maximum atomic E-state index is 11.3. The van der Waals surface area contributed by atoms with Crippen LogP contribution >= 0.6 is 15.9 Å². The monoisotopic (exact) mass is 243 g/mol. The number of alkyl halides is 1. The lowest BCUT2D eigenvalue weighted by atomic mass is 10.1. The van der Waals surface area contributed by atoms with Gasteiger partial charge in [-0.2, -0.15) is 0 Å². The van der Waals surface area contributed by atoms with Gasteiger partial charge in [-0.1, -0.05) is 30.3 Å². The van der Waals surface area contributed by atoms with Crippen molar-refractivity contribution in [3.63, 3.8) is 0 Å². The Hall–Kier alpha value is -1.23. The van der Waals surface area contributed by atoms with Crippen molar-refractivity contribution in [2.75, 3.05) is 0 Å². The molecule has 0 fully saturated rings. The van der Waals surface area contributed by atoms with E-state index in [2.05, 4.69) is 15.9 Å². The first-order valence-corrected chi connectivity index (χ1v) is 4.41. The topological polar surface area (TPSA) is 60.2 Å². The van der Waals surface area contributed by atoms with E-state index < -0.39 is 15.7 Å². The van der Waals surface area contributed by atoms with Crippen LogP contribution in [0, 0.1) is 10.1 Å². The molecule has 0 aliphatic rings. The lowest BCUT2D eigenvalue weighted by molar-refractivity contribution is -0.477. The molecule has 0 aliphatic heterocycles. The molecular formula is C8H6BrNO3. The van der Waals surface area contributed by atoms with Gasteiger partial charge in [0.1, 0.15) is 0 Å². The molecular weight excluding hydrogens is 238 g/mol. The Labute approximate surface area is 82.8 Å². The number of carbonyl (C=O) groups is 1. The zero-order valence-electron chi connectivity index (χ0n) is 6.51. The van der Waals surface area contributed by atoms with E-state index >= 15 is 0 Å². The van der Waals surface area contributed by atoms with Crippen LogP contribution in [0.25, 0.3) is 0 Å². The number of ketones is 1. The fourth-order valence-corrected chi connectivity index (χ4v) is 1.10. The summed E-state index contributed by atoms with van der Waals surface area (Å²) in [5.41, 5.74) is 0.334. The first-order chi connectivity index (χ1) is 6.13.